The average molecular weight is 334 g/mol. The summed E-state index contributed by atoms with van der Waals surface area (Å²) in [7, 11) is 3.28. The molecule has 1 N–H and O–H groups in total. The summed E-state index contributed by atoms with van der Waals surface area (Å²) in [4.78, 5) is 25.0. The zero-order chi connectivity index (χ0) is 13.9. The Balaban J connectivity index is 2.83. The van der Waals surface area contributed by atoms with Crippen LogP contribution in [-0.2, 0) is 4.79 Å². The van der Waals surface area contributed by atoms with Gasteiger partial charge in [-0.2, -0.15) is 0 Å². The lowest BCUT2D eigenvalue weighted by Gasteiger charge is -2.18. The minimum atomic E-state index is -0.585. The predicted molar refractivity (Wildman–Crippen MR) is 74.8 cm³/mol. The molecule has 0 spiro atoms. The number of halogens is 2. The van der Waals surface area contributed by atoms with Gasteiger partial charge in [0.2, 0.25) is 5.91 Å². The first-order valence-electron chi connectivity index (χ1n) is 5.30. The summed E-state index contributed by atoms with van der Waals surface area (Å²) >= 11 is 9.11. The molecule has 0 aliphatic carbocycles. The molecule has 4 nitrogen and oxygen atoms in total. The topological polar surface area (TPSA) is 49.4 Å². The summed E-state index contributed by atoms with van der Waals surface area (Å²) in [5, 5.41) is 3.09. The van der Waals surface area contributed by atoms with Crippen LogP contribution in [0.1, 0.15) is 17.3 Å². The number of amides is 2. The van der Waals surface area contributed by atoms with E-state index < -0.39 is 6.04 Å². The number of nitrogens with one attached hydrogen (secondary N) is 1. The first kappa shape index (κ1) is 15.0. The normalized spacial score (nSPS) is 11.8. The van der Waals surface area contributed by atoms with Crippen molar-refractivity contribution in [2.75, 3.05) is 14.1 Å². The molecule has 0 aliphatic heterocycles. The highest BCUT2D eigenvalue weighted by molar-refractivity contribution is 9.10. The van der Waals surface area contributed by atoms with Gasteiger partial charge in [-0.3, -0.25) is 9.59 Å². The third-order valence-electron chi connectivity index (χ3n) is 2.33. The van der Waals surface area contributed by atoms with Gasteiger partial charge in [0, 0.05) is 23.6 Å². The molecule has 0 bridgehead atoms. The van der Waals surface area contributed by atoms with Crippen LogP contribution in [-0.4, -0.2) is 36.9 Å². The van der Waals surface area contributed by atoms with Crippen LogP contribution in [0, 0.1) is 0 Å². The van der Waals surface area contributed by atoms with Gasteiger partial charge >= 0.3 is 0 Å². The Labute approximate surface area is 119 Å². The molecular formula is C12H14BrClN2O2. The van der Waals surface area contributed by atoms with E-state index in [4.69, 9.17) is 11.6 Å². The summed E-state index contributed by atoms with van der Waals surface area (Å²) in [6.45, 7) is 1.64. The number of nitrogens with zero attached hydrogens (tertiary/aromatic N) is 1. The van der Waals surface area contributed by atoms with Crippen molar-refractivity contribution >= 4 is 39.3 Å². The summed E-state index contributed by atoms with van der Waals surface area (Å²) < 4.78 is 0.633. The van der Waals surface area contributed by atoms with E-state index in [2.05, 4.69) is 21.2 Å². The van der Waals surface area contributed by atoms with Gasteiger partial charge in [-0.15, -0.1) is 0 Å². The number of likely N-dealkylation sites (N-methyl/N-ethyl adjacent to an activating group) is 1. The van der Waals surface area contributed by atoms with Crippen LogP contribution >= 0.6 is 27.5 Å². The molecule has 0 saturated heterocycles. The van der Waals surface area contributed by atoms with E-state index in [9.17, 15) is 9.59 Å². The summed E-state index contributed by atoms with van der Waals surface area (Å²) in [5.74, 6) is -0.506. The molecular weight excluding hydrogens is 320 g/mol. The SMILES string of the molecule is CC(NC(=O)c1cc(Cl)ccc1Br)C(=O)N(C)C. The Morgan fingerprint density at radius 3 is 2.56 bits per heavy atom. The molecule has 1 aromatic carbocycles. The molecule has 6 heteroatoms. The zero-order valence-corrected chi connectivity index (χ0v) is 12.7. The van der Waals surface area contributed by atoms with Crippen LogP contribution in [0.2, 0.25) is 5.02 Å². The van der Waals surface area contributed by atoms with Gasteiger partial charge in [-0.05, 0) is 41.1 Å². The fourth-order valence-electron chi connectivity index (χ4n) is 1.39. The van der Waals surface area contributed by atoms with Gasteiger partial charge in [-0.25, -0.2) is 0 Å². The molecule has 0 saturated carbocycles. The van der Waals surface area contributed by atoms with Crippen molar-refractivity contribution in [3.8, 4) is 0 Å². The standard InChI is InChI=1S/C12H14BrClN2O2/c1-7(12(18)16(2)3)15-11(17)9-6-8(14)4-5-10(9)13/h4-7H,1-3H3,(H,15,17). The van der Waals surface area contributed by atoms with Crippen molar-refractivity contribution in [3.05, 3.63) is 33.3 Å². The number of carbonyl (C=O) groups is 2. The molecule has 98 valence electrons. The van der Waals surface area contributed by atoms with E-state index in [0.29, 0.717) is 15.1 Å². The lowest BCUT2D eigenvalue weighted by atomic mass is 10.2. The van der Waals surface area contributed by atoms with Crippen molar-refractivity contribution in [1.82, 2.24) is 10.2 Å². The first-order chi connectivity index (χ1) is 8.32. The van der Waals surface area contributed by atoms with Crippen LogP contribution in [0.25, 0.3) is 0 Å². The molecule has 0 fully saturated rings. The second-order valence-corrected chi connectivity index (χ2v) is 5.34. The van der Waals surface area contributed by atoms with Crippen molar-refractivity contribution in [2.45, 2.75) is 13.0 Å². The summed E-state index contributed by atoms with van der Waals surface area (Å²) in [5.41, 5.74) is 0.404. The van der Waals surface area contributed by atoms with Crippen LogP contribution < -0.4 is 5.32 Å². The smallest absolute Gasteiger partial charge is 0.253 e. The third-order valence-corrected chi connectivity index (χ3v) is 3.26. The van der Waals surface area contributed by atoms with Crippen molar-refractivity contribution < 1.29 is 9.59 Å². The Hall–Kier alpha value is -1.07. The van der Waals surface area contributed by atoms with Crippen molar-refractivity contribution in [2.24, 2.45) is 0 Å². The van der Waals surface area contributed by atoms with Crippen LogP contribution in [0.15, 0.2) is 22.7 Å². The van der Waals surface area contributed by atoms with Crippen LogP contribution in [0.4, 0.5) is 0 Å². The molecule has 0 aromatic heterocycles. The quantitative estimate of drug-likeness (QED) is 0.923. The Morgan fingerprint density at radius 2 is 2.00 bits per heavy atom. The molecule has 1 atom stereocenters. The Kier molecular flexibility index (Phi) is 5.16. The van der Waals surface area contributed by atoms with E-state index in [1.54, 1.807) is 39.2 Å². The molecule has 0 aliphatic rings. The number of carbonyl (C=O) groups excluding carboxylic acids is 2. The summed E-state index contributed by atoms with van der Waals surface area (Å²) in [6, 6.07) is 4.33. The second kappa shape index (κ2) is 6.20. The Morgan fingerprint density at radius 1 is 1.39 bits per heavy atom. The fraction of sp³-hybridized carbons (Fsp3) is 0.333. The third kappa shape index (κ3) is 3.71. The minimum absolute atomic E-state index is 0.165. The van der Waals surface area contributed by atoms with Crippen molar-refractivity contribution in [1.29, 1.82) is 0 Å². The van der Waals surface area contributed by atoms with E-state index in [1.807, 2.05) is 0 Å². The average Bonchev–Trinajstić information content (AvgIpc) is 2.30. The largest absolute Gasteiger partial charge is 0.347 e. The van der Waals surface area contributed by atoms with Gasteiger partial charge in [0.05, 0.1) is 5.56 Å². The molecule has 0 radical (unpaired) electrons. The number of hydrogen-bond donors (Lipinski definition) is 1. The molecule has 0 heterocycles. The van der Waals surface area contributed by atoms with Crippen LogP contribution in [0.3, 0.4) is 0 Å². The van der Waals surface area contributed by atoms with Gasteiger partial charge in [0.1, 0.15) is 6.04 Å². The molecule has 18 heavy (non-hydrogen) atoms. The van der Waals surface area contributed by atoms with Gasteiger partial charge < -0.3 is 10.2 Å². The molecule has 2 amide bonds. The molecule has 1 unspecified atom stereocenters. The second-order valence-electron chi connectivity index (χ2n) is 4.05. The predicted octanol–water partition coefficient (Wildman–Crippen LogP) is 2.31. The van der Waals surface area contributed by atoms with E-state index in [0.717, 1.165) is 0 Å². The lowest BCUT2D eigenvalue weighted by molar-refractivity contribution is -0.130. The van der Waals surface area contributed by atoms with Crippen LogP contribution in [0.5, 0.6) is 0 Å². The highest BCUT2D eigenvalue weighted by Crippen LogP contribution is 2.21. The number of rotatable bonds is 3. The maximum Gasteiger partial charge on any atom is 0.253 e. The minimum Gasteiger partial charge on any atom is -0.347 e. The maximum absolute atomic E-state index is 12.0. The highest BCUT2D eigenvalue weighted by atomic mass is 79.9. The van der Waals surface area contributed by atoms with E-state index >= 15 is 0 Å². The monoisotopic (exact) mass is 332 g/mol. The molecule has 1 rings (SSSR count). The lowest BCUT2D eigenvalue weighted by Crippen LogP contribution is -2.44. The fourth-order valence-corrected chi connectivity index (χ4v) is 1.99. The maximum atomic E-state index is 12.0. The Bertz CT molecular complexity index is 477. The zero-order valence-electron chi connectivity index (χ0n) is 10.3. The van der Waals surface area contributed by atoms with E-state index in [1.165, 1.54) is 4.90 Å². The first-order valence-corrected chi connectivity index (χ1v) is 6.47. The highest BCUT2D eigenvalue weighted by Gasteiger charge is 2.19. The number of benzene rings is 1. The summed E-state index contributed by atoms with van der Waals surface area (Å²) in [6.07, 6.45) is 0. The van der Waals surface area contributed by atoms with Crippen molar-refractivity contribution in [3.63, 3.8) is 0 Å². The van der Waals surface area contributed by atoms with Gasteiger partial charge in [0.25, 0.3) is 5.91 Å². The van der Waals surface area contributed by atoms with Gasteiger partial charge in [-0.1, -0.05) is 11.6 Å². The number of hydrogen-bond acceptors (Lipinski definition) is 2. The van der Waals surface area contributed by atoms with Gasteiger partial charge in [0.15, 0.2) is 0 Å². The van der Waals surface area contributed by atoms with E-state index in [-0.39, 0.29) is 11.8 Å². The molecule has 1 aromatic rings.